The van der Waals surface area contributed by atoms with Crippen molar-refractivity contribution in [3.63, 3.8) is 0 Å². The Morgan fingerprint density at radius 3 is 2.35 bits per heavy atom. The molecule has 6 nitrogen and oxygen atoms in total. The van der Waals surface area contributed by atoms with Crippen molar-refractivity contribution in [1.82, 2.24) is 10.2 Å². The third-order valence-electron chi connectivity index (χ3n) is 6.46. The molecular weight excluding hydrogens is 390 g/mol. The Morgan fingerprint density at radius 2 is 1.71 bits per heavy atom. The molecule has 2 heterocycles. The Kier molecular flexibility index (Phi) is 6.28. The van der Waals surface area contributed by atoms with E-state index < -0.39 is 6.09 Å². The summed E-state index contributed by atoms with van der Waals surface area (Å²) in [6.45, 7) is 6.85. The molecule has 1 fully saturated rings. The number of nitrogens with zero attached hydrogens (tertiary/aromatic N) is 2. The maximum atomic E-state index is 12.2. The van der Waals surface area contributed by atoms with Crippen LogP contribution in [0.1, 0.15) is 56.7 Å². The third kappa shape index (κ3) is 4.74. The number of nitrogens with one attached hydrogen (secondary N) is 1. The number of likely N-dealkylation sites (tertiary alicyclic amines) is 1. The summed E-state index contributed by atoms with van der Waals surface area (Å²) in [7, 11) is 0. The van der Waals surface area contributed by atoms with Crippen LogP contribution >= 0.6 is 0 Å². The molecule has 2 aromatic carbocycles. The van der Waals surface area contributed by atoms with Crippen molar-refractivity contribution in [2.24, 2.45) is 0 Å². The van der Waals surface area contributed by atoms with E-state index in [9.17, 15) is 14.7 Å². The molecule has 0 bridgehead atoms. The number of amides is 2. The number of hydrogen-bond acceptors (Lipinski definition) is 3. The van der Waals surface area contributed by atoms with Crippen LogP contribution in [0, 0.1) is 0 Å². The smallest absolute Gasteiger partial charge is 0.405 e. The van der Waals surface area contributed by atoms with Crippen molar-refractivity contribution in [2.75, 3.05) is 18.0 Å². The van der Waals surface area contributed by atoms with Gasteiger partial charge in [-0.1, -0.05) is 36.8 Å². The van der Waals surface area contributed by atoms with Crippen LogP contribution in [0.5, 0.6) is 0 Å². The lowest BCUT2D eigenvalue weighted by molar-refractivity contribution is -0.117. The molecular formula is C25H31N3O3. The lowest BCUT2D eigenvalue weighted by atomic mass is 9.89. The fourth-order valence-corrected chi connectivity index (χ4v) is 4.99. The highest BCUT2D eigenvalue weighted by Gasteiger charge is 2.33. The van der Waals surface area contributed by atoms with Gasteiger partial charge in [0.1, 0.15) is 0 Å². The number of rotatable bonds is 4. The zero-order chi connectivity index (χ0) is 22.0. The predicted octanol–water partition coefficient (Wildman–Crippen LogP) is 4.79. The number of carbonyl (C=O) groups is 2. The molecule has 2 aliphatic heterocycles. The Hall–Kier alpha value is -2.86. The lowest BCUT2D eigenvalue weighted by Crippen LogP contribution is -2.45. The molecule has 0 unspecified atom stereocenters. The van der Waals surface area contributed by atoms with E-state index in [2.05, 4.69) is 34.5 Å². The summed E-state index contributed by atoms with van der Waals surface area (Å²) in [4.78, 5) is 27.9. The lowest BCUT2D eigenvalue weighted by Gasteiger charge is -2.39. The molecule has 164 valence electrons. The molecule has 2 aromatic rings. The van der Waals surface area contributed by atoms with Crippen LogP contribution in [-0.2, 0) is 11.3 Å². The summed E-state index contributed by atoms with van der Waals surface area (Å²) in [6, 6.07) is 14.2. The number of piperidine rings is 1. The molecule has 0 aliphatic carbocycles. The summed E-state index contributed by atoms with van der Waals surface area (Å²) in [6.07, 6.45) is 3.41. The summed E-state index contributed by atoms with van der Waals surface area (Å²) >= 11 is 0. The van der Waals surface area contributed by atoms with Crippen molar-refractivity contribution in [1.29, 1.82) is 0 Å². The van der Waals surface area contributed by atoms with Crippen LogP contribution in [0.15, 0.2) is 42.5 Å². The van der Waals surface area contributed by atoms with Crippen LogP contribution < -0.4 is 10.2 Å². The van der Waals surface area contributed by atoms with Crippen molar-refractivity contribution in [2.45, 2.75) is 58.2 Å². The molecule has 6 heteroatoms. The normalized spacial score (nSPS) is 21.4. The van der Waals surface area contributed by atoms with Crippen LogP contribution in [0.4, 0.5) is 10.5 Å². The molecule has 2 N–H and O–H groups in total. The van der Waals surface area contributed by atoms with Gasteiger partial charge in [0.15, 0.2) is 0 Å². The van der Waals surface area contributed by atoms with Crippen molar-refractivity contribution < 1.29 is 14.7 Å². The van der Waals surface area contributed by atoms with E-state index in [1.54, 1.807) is 11.8 Å². The van der Waals surface area contributed by atoms with E-state index >= 15 is 0 Å². The molecule has 1 saturated heterocycles. The van der Waals surface area contributed by atoms with Crippen molar-refractivity contribution in [3.05, 3.63) is 53.6 Å². The minimum absolute atomic E-state index is 0.0302. The molecule has 2 atom stereocenters. The highest BCUT2D eigenvalue weighted by Crippen LogP contribution is 2.39. The average Bonchev–Trinajstić information content (AvgIpc) is 2.74. The Morgan fingerprint density at radius 1 is 1.03 bits per heavy atom. The van der Waals surface area contributed by atoms with Gasteiger partial charge in [0, 0.05) is 25.2 Å². The second-order valence-electron chi connectivity index (χ2n) is 8.78. The fourth-order valence-electron chi connectivity index (χ4n) is 4.99. The fraction of sp³-hybridized carbons (Fsp3) is 0.440. The van der Waals surface area contributed by atoms with Crippen molar-refractivity contribution >= 4 is 17.7 Å². The number of anilines is 1. The highest BCUT2D eigenvalue weighted by molar-refractivity contribution is 5.94. The molecule has 4 rings (SSSR count). The number of carbonyl (C=O) groups excluding carboxylic acids is 1. The Bertz CT molecular complexity index is 951. The summed E-state index contributed by atoms with van der Waals surface area (Å²) in [5, 5.41) is 11.9. The van der Waals surface area contributed by atoms with Gasteiger partial charge in [-0.3, -0.25) is 9.69 Å². The minimum atomic E-state index is -1.05. The number of hydrogen-bond donors (Lipinski definition) is 2. The van der Waals surface area contributed by atoms with Gasteiger partial charge in [-0.2, -0.15) is 0 Å². The first kappa shape index (κ1) is 21.4. The van der Waals surface area contributed by atoms with Gasteiger partial charge in [-0.05, 0) is 73.7 Å². The number of benzene rings is 2. The largest absolute Gasteiger partial charge is 0.465 e. The van der Waals surface area contributed by atoms with Crippen LogP contribution in [-0.4, -0.2) is 41.1 Å². The summed E-state index contributed by atoms with van der Waals surface area (Å²) in [5.74, 6) is -0.0302. The molecule has 0 radical (unpaired) electrons. The molecule has 0 saturated carbocycles. The van der Waals surface area contributed by atoms with Gasteiger partial charge in [0.2, 0.25) is 5.91 Å². The zero-order valence-corrected chi connectivity index (χ0v) is 18.3. The van der Waals surface area contributed by atoms with E-state index in [-0.39, 0.29) is 18.0 Å². The average molecular weight is 422 g/mol. The first-order valence-corrected chi connectivity index (χ1v) is 11.2. The summed E-state index contributed by atoms with van der Waals surface area (Å²) < 4.78 is 0. The van der Waals surface area contributed by atoms with Gasteiger partial charge in [0.05, 0.1) is 6.04 Å². The quantitative estimate of drug-likeness (QED) is 0.744. The Labute approximate surface area is 183 Å². The SMILES string of the molecule is CC(=O)N1c2ccc(-c3ccc(CN4CCCCC4)cc3)cc2[C@@H](NC(=O)O)C[C@H]1C. The standard InChI is InChI=1S/C25H31N3O3/c1-17-14-23(26-25(30)31)22-15-21(10-11-24(22)28(17)18(2)29)20-8-6-19(7-9-20)16-27-12-4-3-5-13-27/h6-11,15,17,23,26H,3-5,12-14,16H2,1-2H3,(H,30,31)/t17-,23+/m1/s1. The predicted molar refractivity (Wildman–Crippen MR) is 122 cm³/mol. The maximum Gasteiger partial charge on any atom is 0.405 e. The van der Waals surface area contributed by atoms with Crippen LogP contribution in [0.2, 0.25) is 0 Å². The van der Waals surface area contributed by atoms with Gasteiger partial charge >= 0.3 is 6.09 Å². The third-order valence-corrected chi connectivity index (χ3v) is 6.46. The molecule has 2 aliphatic rings. The topological polar surface area (TPSA) is 72.9 Å². The van der Waals surface area contributed by atoms with Gasteiger partial charge in [-0.25, -0.2) is 4.79 Å². The molecule has 0 spiro atoms. The van der Waals surface area contributed by atoms with E-state index in [0.717, 1.165) is 28.9 Å². The monoisotopic (exact) mass is 421 g/mol. The molecule has 2 amide bonds. The highest BCUT2D eigenvalue weighted by atomic mass is 16.4. The second-order valence-corrected chi connectivity index (χ2v) is 8.78. The molecule has 31 heavy (non-hydrogen) atoms. The maximum absolute atomic E-state index is 12.2. The van der Waals surface area contributed by atoms with E-state index in [1.807, 2.05) is 25.1 Å². The minimum Gasteiger partial charge on any atom is -0.465 e. The van der Waals surface area contributed by atoms with Crippen LogP contribution in [0.3, 0.4) is 0 Å². The number of carboxylic acid groups (broad SMARTS) is 1. The van der Waals surface area contributed by atoms with Gasteiger partial charge in [0.25, 0.3) is 0 Å². The summed E-state index contributed by atoms with van der Waals surface area (Å²) in [5.41, 5.74) is 5.07. The molecule has 0 aromatic heterocycles. The van der Waals surface area contributed by atoms with Gasteiger partial charge in [-0.15, -0.1) is 0 Å². The Balaban J connectivity index is 1.61. The first-order chi connectivity index (χ1) is 14.9. The number of fused-ring (bicyclic) bond motifs is 1. The van der Waals surface area contributed by atoms with Gasteiger partial charge < -0.3 is 15.3 Å². The first-order valence-electron chi connectivity index (χ1n) is 11.2. The van der Waals surface area contributed by atoms with Crippen LogP contribution in [0.25, 0.3) is 11.1 Å². The van der Waals surface area contributed by atoms with E-state index in [0.29, 0.717) is 6.42 Å². The van der Waals surface area contributed by atoms with E-state index in [4.69, 9.17) is 0 Å². The zero-order valence-electron chi connectivity index (χ0n) is 18.3. The second kappa shape index (κ2) is 9.10. The van der Waals surface area contributed by atoms with E-state index in [1.165, 1.54) is 37.9 Å². The van der Waals surface area contributed by atoms with Crippen molar-refractivity contribution in [3.8, 4) is 11.1 Å².